The van der Waals surface area contributed by atoms with Crippen LogP contribution in [0.5, 0.6) is 0 Å². The number of aryl methyl sites for hydroxylation is 1. The second kappa shape index (κ2) is 8.73. The van der Waals surface area contributed by atoms with Crippen LogP contribution in [0.4, 0.5) is 0 Å². The van der Waals surface area contributed by atoms with Gasteiger partial charge in [-0.15, -0.1) is 0 Å². The van der Waals surface area contributed by atoms with Crippen LogP contribution in [0.2, 0.25) is 5.02 Å². The fourth-order valence-electron chi connectivity index (χ4n) is 4.00. The number of carbonyl (C=O) groups is 1. The van der Waals surface area contributed by atoms with E-state index < -0.39 is 0 Å². The average molecular weight is 466 g/mol. The zero-order valence-corrected chi connectivity index (χ0v) is 19.7. The highest BCUT2D eigenvalue weighted by Gasteiger charge is 2.27. The van der Waals surface area contributed by atoms with Crippen molar-refractivity contribution in [3.63, 3.8) is 0 Å². The van der Waals surface area contributed by atoms with E-state index in [4.69, 9.17) is 11.6 Å². The number of likely N-dealkylation sites (N-methyl/N-ethyl adjacent to an activating group) is 1. The zero-order valence-electron chi connectivity index (χ0n) is 18.1. The molecule has 0 spiro atoms. The molecule has 1 fully saturated rings. The van der Waals surface area contributed by atoms with Crippen LogP contribution in [-0.2, 0) is 11.3 Å². The van der Waals surface area contributed by atoms with Crippen LogP contribution in [0.25, 0.3) is 17.0 Å². The van der Waals surface area contributed by atoms with Crippen LogP contribution < -0.4 is 0 Å². The van der Waals surface area contributed by atoms with Gasteiger partial charge in [-0.3, -0.25) is 9.48 Å². The van der Waals surface area contributed by atoms with E-state index in [0.29, 0.717) is 11.4 Å². The summed E-state index contributed by atoms with van der Waals surface area (Å²) in [6.45, 7) is 6.53. The number of carbonyl (C=O) groups excluding carboxylic acids is 1. The number of fused-ring (bicyclic) bond motifs is 1. The van der Waals surface area contributed by atoms with Crippen molar-refractivity contribution in [2.24, 2.45) is 4.99 Å². The molecule has 6 nitrogen and oxygen atoms in total. The quantitative estimate of drug-likeness (QED) is 0.541. The molecule has 2 aromatic carbocycles. The van der Waals surface area contributed by atoms with Gasteiger partial charge in [-0.2, -0.15) is 10.1 Å². The lowest BCUT2D eigenvalue weighted by atomic mass is 10.1. The Morgan fingerprint density at radius 1 is 1.12 bits per heavy atom. The number of hydrogen-bond donors (Lipinski definition) is 0. The van der Waals surface area contributed by atoms with Gasteiger partial charge in [-0.05, 0) is 72.8 Å². The molecule has 8 heteroatoms. The minimum atomic E-state index is -0.155. The van der Waals surface area contributed by atoms with Gasteiger partial charge in [-0.1, -0.05) is 23.7 Å². The van der Waals surface area contributed by atoms with Gasteiger partial charge < -0.3 is 9.80 Å². The maximum Gasteiger partial charge on any atom is 0.286 e. The van der Waals surface area contributed by atoms with Crippen LogP contribution in [0.15, 0.2) is 52.5 Å². The standard InChI is InChI=1S/C24H24ClN5OS/c1-16-11-20(25)5-4-18(16)15-30-21-6-3-17(12-19(21)14-26-30)13-22-23(31)27-24(32-22)29-9-7-28(2)8-10-29/h3-6,11-14H,7-10,15H2,1-2H3. The molecule has 1 aromatic heterocycles. The number of amides is 1. The maximum absolute atomic E-state index is 12.5. The van der Waals surface area contributed by atoms with Gasteiger partial charge in [0.25, 0.3) is 5.91 Å². The lowest BCUT2D eigenvalue weighted by Gasteiger charge is -2.32. The van der Waals surface area contributed by atoms with E-state index in [2.05, 4.69) is 46.0 Å². The highest BCUT2D eigenvalue weighted by atomic mass is 35.5. The first-order valence-electron chi connectivity index (χ1n) is 10.6. The molecule has 0 bridgehead atoms. The molecule has 1 amide bonds. The van der Waals surface area contributed by atoms with Gasteiger partial charge >= 0.3 is 0 Å². The van der Waals surface area contributed by atoms with E-state index in [1.54, 1.807) is 0 Å². The molecule has 1 saturated heterocycles. The van der Waals surface area contributed by atoms with Gasteiger partial charge in [0.15, 0.2) is 5.17 Å². The van der Waals surface area contributed by atoms with Crippen LogP contribution in [-0.4, -0.2) is 63.9 Å². The number of thioether (sulfide) groups is 1. The summed E-state index contributed by atoms with van der Waals surface area (Å²) in [7, 11) is 2.12. The van der Waals surface area contributed by atoms with Crippen molar-refractivity contribution in [2.75, 3.05) is 33.2 Å². The minimum Gasteiger partial charge on any atom is -0.348 e. The monoisotopic (exact) mass is 465 g/mol. The third-order valence-corrected chi connectivity index (χ3v) is 7.25. The molecular weight excluding hydrogens is 442 g/mol. The number of piperazine rings is 1. The number of halogens is 1. The highest BCUT2D eigenvalue weighted by molar-refractivity contribution is 8.18. The van der Waals surface area contributed by atoms with Gasteiger partial charge in [-0.25, -0.2) is 0 Å². The third kappa shape index (κ3) is 4.33. The number of rotatable bonds is 3. The predicted molar refractivity (Wildman–Crippen MR) is 132 cm³/mol. The zero-order chi connectivity index (χ0) is 22.2. The molecule has 164 valence electrons. The number of benzene rings is 2. The minimum absolute atomic E-state index is 0.155. The molecule has 0 atom stereocenters. The van der Waals surface area contributed by atoms with Gasteiger partial charge in [0, 0.05) is 36.6 Å². The van der Waals surface area contributed by atoms with E-state index >= 15 is 0 Å². The summed E-state index contributed by atoms with van der Waals surface area (Å²) >= 11 is 7.56. The van der Waals surface area contributed by atoms with Crippen molar-refractivity contribution in [1.29, 1.82) is 0 Å². The molecule has 2 aliphatic rings. The van der Waals surface area contributed by atoms with E-state index in [9.17, 15) is 4.79 Å². The lowest BCUT2D eigenvalue weighted by Crippen LogP contribution is -2.46. The fourth-order valence-corrected chi connectivity index (χ4v) is 5.19. The number of nitrogens with zero attached hydrogens (tertiary/aromatic N) is 5. The number of aliphatic imine (C=N–C) groups is 1. The second-order valence-corrected chi connectivity index (χ2v) is 9.74. The average Bonchev–Trinajstić information content (AvgIpc) is 3.34. The topological polar surface area (TPSA) is 53.7 Å². The van der Waals surface area contributed by atoms with Crippen LogP contribution in [0, 0.1) is 6.92 Å². The number of aromatic nitrogens is 2. The Hall–Kier alpha value is -2.61. The summed E-state index contributed by atoms with van der Waals surface area (Å²) in [5.74, 6) is -0.155. The summed E-state index contributed by atoms with van der Waals surface area (Å²) in [5.41, 5.74) is 4.37. The van der Waals surface area contributed by atoms with E-state index in [1.807, 2.05) is 41.2 Å². The fraction of sp³-hybridized carbons (Fsp3) is 0.292. The molecule has 3 heterocycles. The van der Waals surface area contributed by atoms with E-state index in [-0.39, 0.29) is 5.91 Å². The van der Waals surface area contributed by atoms with E-state index in [1.165, 1.54) is 17.3 Å². The Bertz CT molecular complexity index is 1260. The second-order valence-electron chi connectivity index (χ2n) is 8.29. The van der Waals surface area contributed by atoms with Crippen LogP contribution >= 0.6 is 23.4 Å². The molecule has 0 saturated carbocycles. The molecule has 0 aliphatic carbocycles. The molecular formula is C24H24ClN5OS. The molecule has 3 aromatic rings. The SMILES string of the molecule is Cc1cc(Cl)ccc1Cn1ncc2cc(C=C3SC(N4CCN(C)CC4)=NC3=O)ccc21. The molecule has 0 unspecified atom stereocenters. The van der Waals surface area contributed by atoms with Crippen LogP contribution in [0.1, 0.15) is 16.7 Å². The largest absolute Gasteiger partial charge is 0.348 e. The Labute approximate surface area is 196 Å². The Balaban J connectivity index is 1.34. The van der Waals surface area contributed by atoms with Crippen LogP contribution in [0.3, 0.4) is 0 Å². The van der Waals surface area contributed by atoms with Gasteiger partial charge in [0.05, 0.1) is 23.2 Å². The van der Waals surface area contributed by atoms with Gasteiger partial charge in [0.2, 0.25) is 0 Å². The van der Waals surface area contributed by atoms with Gasteiger partial charge in [0.1, 0.15) is 0 Å². The first-order chi connectivity index (χ1) is 15.5. The highest BCUT2D eigenvalue weighted by Crippen LogP contribution is 2.31. The van der Waals surface area contributed by atoms with Crippen molar-refractivity contribution in [2.45, 2.75) is 13.5 Å². The smallest absolute Gasteiger partial charge is 0.286 e. The normalized spacial score (nSPS) is 18.7. The van der Waals surface area contributed by atoms with E-state index in [0.717, 1.165) is 58.4 Å². The molecule has 0 N–H and O–H groups in total. The Kier molecular flexibility index (Phi) is 5.80. The summed E-state index contributed by atoms with van der Waals surface area (Å²) in [6.07, 6.45) is 3.80. The summed E-state index contributed by atoms with van der Waals surface area (Å²) in [5, 5.41) is 7.19. The molecule has 2 aliphatic heterocycles. The summed E-state index contributed by atoms with van der Waals surface area (Å²) in [4.78, 5) is 21.9. The number of hydrogen-bond acceptors (Lipinski definition) is 5. The summed E-state index contributed by atoms with van der Waals surface area (Å²) < 4.78 is 1.99. The maximum atomic E-state index is 12.5. The first-order valence-corrected chi connectivity index (χ1v) is 11.8. The Morgan fingerprint density at radius 3 is 2.72 bits per heavy atom. The van der Waals surface area contributed by atoms with Crippen molar-refractivity contribution in [3.8, 4) is 0 Å². The predicted octanol–water partition coefficient (Wildman–Crippen LogP) is 4.26. The molecule has 5 rings (SSSR count). The van der Waals surface area contributed by atoms with Crippen molar-refractivity contribution >= 4 is 51.4 Å². The number of amidine groups is 1. The lowest BCUT2D eigenvalue weighted by molar-refractivity contribution is -0.113. The van der Waals surface area contributed by atoms with Crippen molar-refractivity contribution in [1.82, 2.24) is 19.6 Å². The van der Waals surface area contributed by atoms with Crippen molar-refractivity contribution in [3.05, 3.63) is 69.2 Å². The molecule has 32 heavy (non-hydrogen) atoms. The van der Waals surface area contributed by atoms with Crippen molar-refractivity contribution < 1.29 is 4.79 Å². The Morgan fingerprint density at radius 2 is 1.94 bits per heavy atom. The first kappa shape index (κ1) is 21.2. The third-order valence-electron chi connectivity index (χ3n) is 5.97. The summed E-state index contributed by atoms with van der Waals surface area (Å²) in [6, 6.07) is 12.1. The molecule has 0 radical (unpaired) electrons.